The highest BCUT2D eigenvalue weighted by Crippen LogP contribution is 2.18. The zero-order chi connectivity index (χ0) is 14.5. The number of benzene rings is 1. The van der Waals surface area contributed by atoms with E-state index in [-0.39, 0.29) is 11.8 Å². The minimum Gasteiger partial charge on any atom is -0.463 e. The summed E-state index contributed by atoms with van der Waals surface area (Å²) in [5, 5.41) is 4.02. The SMILES string of the molecule is COC(=O)c1ccc(C(C)NCc2cccc(Cl)c2)o1. The Kier molecular flexibility index (Phi) is 4.82. The Labute approximate surface area is 122 Å². The smallest absolute Gasteiger partial charge is 0.373 e. The number of halogens is 1. The highest BCUT2D eigenvalue weighted by Gasteiger charge is 2.14. The molecule has 0 spiro atoms. The third-order valence-corrected chi connectivity index (χ3v) is 3.18. The molecule has 1 heterocycles. The van der Waals surface area contributed by atoms with Gasteiger partial charge in [0.1, 0.15) is 5.76 Å². The van der Waals surface area contributed by atoms with E-state index < -0.39 is 5.97 Å². The fourth-order valence-electron chi connectivity index (χ4n) is 1.81. The average Bonchev–Trinajstić information content (AvgIpc) is 2.94. The van der Waals surface area contributed by atoms with Gasteiger partial charge in [-0.25, -0.2) is 4.79 Å². The van der Waals surface area contributed by atoms with E-state index in [0.29, 0.717) is 17.3 Å². The van der Waals surface area contributed by atoms with Gasteiger partial charge in [-0.05, 0) is 36.8 Å². The molecule has 1 aromatic heterocycles. The number of carbonyl (C=O) groups is 1. The summed E-state index contributed by atoms with van der Waals surface area (Å²) in [5.74, 6) is 0.421. The van der Waals surface area contributed by atoms with Crippen molar-refractivity contribution in [2.24, 2.45) is 0 Å². The van der Waals surface area contributed by atoms with Crippen molar-refractivity contribution in [2.45, 2.75) is 19.5 Å². The molecule has 0 fully saturated rings. The van der Waals surface area contributed by atoms with Crippen LogP contribution in [0.3, 0.4) is 0 Å². The molecule has 4 nitrogen and oxygen atoms in total. The molecule has 1 atom stereocenters. The number of carbonyl (C=O) groups excluding carboxylic acids is 1. The van der Waals surface area contributed by atoms with Gasteiger partial charge in [-0.15, -0.1) is 0 Å². The van der Waals surface area contributed by atoms with Crippen LogP contribution in [0.15, 0.2) is 40.8 Å². The fraction of sp³-hybridized carbons (Fsp3) is 0.267. The van der Waals surface area contributed by atoms with E-state index in [2.05, 4.69) is 10.1 Å². The van der Waals surface area contributed by atoms with Gasteiger partial charge in [0.2, 0.25) is 5.76 Å². The van der Waals surface area contributed by atoms with Crippen molar-refractivity contribution in [3.63, 3.8) is 0 Å². The van der Waals surface area contributed by atoms with Gasteiger partial charge in [-0.2, -0.15) is 0 Å². The number of nitrogens with one attached hydrogen (secondary N) is 1. The molecule has 0 radical (unpaired) electrons. The predicted octanol–water partition coefficient (Wildman–Crippen LogP) is 3.57. The maximum absolute atomic E-state index is 11.3. The van der Waals surface area contributed by atoms with E-state index in [4.69, 9.17) is 16.0 Å². The molecule has 1 N–H and O–H groups in total. The summed E-state index contributed by atoms with van der Waals surface area (Å²) in [6.07, 6.45) is 0. The maximum Gasteiger partial charge on any atom is 0.373 e. The second-order valence-electron chi connectivity index (χ2n) is 4.43. The van der Waals surface area contributed by atoms with Crippen LogP contribution in [-0.2, 0) is 11.3 Å². The molecule has 0 amide bonds. The monoisotopic (exact) mass is 293 g/mol. The lowest BCUT2D eigenvalue weighted by molar-refractivity contribution is 0.0562. The summed E-state index contributed by atoms with van der Waals surface area (Å²) in [7, 11) is 1.32. The Morgan fingerprint density at radius 3 is 2.90 bits per heavy atom. The number of ether oxygens (including phenoxy) is 1. The third-order valence-electron chi connectivity index (χ3n) is 2.94. The van der Waals surface area contributed by atoms with Crippen LogP contribution in [0, 0.1) is 0 Å². The van der Waals surface area contributed by atoms with Crippen molar-refractivity contribution in [1.82, 2.24) is 5.32 Å². The Balaban J connectivity index is 1.96. The first-order chi connectivity index (χ1) is 9.60. The predicted molar refractivity (Wildman–Crippen MR) is 76.8 cm³/mol. The van der Waals surface area contributed by atoms with Gasteiger partial charge in [-0.1, -0.05) is 23.7 Å². The zero-order valence-corrected chi connectivity index (χ0v) is 12.1. The molecule has 0 aliphatic carbocycles. The summed E-state index contributed by atoms with van der Waals surface area (Å²) >= 11 is 5.93. The first kappa shape index (κ1) is 14.6. The van der Waals surface area contributed by atoms with E-state index in [9.17, 15) is 4.79 Å². The summed E-state index contributed by atoms with van der Waals surface area (Å²) in [6, 6.07) is 11.0. The summed E-state index contributed by atoms with van der Waals surface area (Å²) in [4.78, 5) is 11.3. The van der Waals surface area contributed by atoms with Gasteiger partial charge in [0.05, 0.1) is 13.2 Å². The Morgan fingerprint density at radius 1 is 1.40 bits per heavy atom. The zero-order valence-electron chi connectivity index (χ0n) is 11.4. The van der Waals surface area contributed by atoms with Gasteiger partial charge >= 0.3 is 5.97 Å². The second kappa shape index (κ2) is 6.59. The first-order valence-corrected chi connectivity index (χ1v) is 6.64. The highest BCUT2D eigenvalue weighted by atomic mass is 35.5. The lowest BCUT2D eigenvalue weighted by Gasteiger charge is -2.11. The van der Waals surface area contributed by atoms with Crippen LogP contribution in [0.1, 0.15) is 34.8 Å². The molecule has 2 rings (SSSR count). The normalized spacial score (nSPS) is 12.2. The molecule has 20 heavy (non-hydrogen) atoms. The molecule has 0 aliphatic heterocycles. The molecular formula is C15H16ClNO3. The second-order valence-corrected chi connectivity index (χ2v) is 4.86. The van der Waals surface area contributed by atoms with E-state index in [1.807, 2.05) is 31.2 Å². The summed E-state index contributed by atoms with van der Waals surface area (Å²) in [6.45, 7) is 2.63. The topological polar surface area (TPSA) is 51.5 Å². The summed E-state index contributed by atoms with van der Waals surface area (Å²) < 4.78 is 10.1. The van der Waals surface area contributed by atoms with Gasteiger partial charge < -0.3 is 14.5 Å². The van der Waals surface area contributed by atoms with Gasteiger partial charge in [0.15, 0.2) is 0 Å². The van der Waals surface area contributed by atoms with Crippen molar-refractivity contribution < 1.29 is 13.9 Å². The molecule has 0 aliphatic rings. The van der Waals surface area contributed by atoms with Crippen molar-refractivity contribution in [3.8, 4) is 0 Å². The third kappa shape index (κ3) is 3.62. The van der Waals surface area contributed by atoms with Crippen molar-refractivity contribution in [1.29, 1.82) is 0 Å². The summed E-state index contributed by atoms with van der Waals surface area (Å²) in [5.41, 5.74) is 1.09. The number of esters is 1. The molecule has 0 saturated carbocycles. The minimum absolute atomic E-state index is 0.0209. The number of hydrogen-bond donors (Lipinski definition) is 1. The number of rotatable bonds is 5. The van der Waals surface area contributed by atoms with Crippen molar-refractivity contribution in [2.75, 3.05) is 7.11 Å². The van der Waals surface area contributed by atoms with Gasteiger partial charge in [0.25, 0.3) is 0 Å². The lowest BCUT2D eigenvalue weighted by atomic mass is 10.2. The van der Waals surface area contributed by atoms with Crippen LogP contribution < -0.4 is 5.32 Å². The number of furan rings is 1. The Morgan fingerprint density at radius 2 is 2.20 bits per heavy atom. The quantitative estimate of drug-likeness (QED) is 0.856. The van der Waals surface area contributed by atoms with Gasteiger partial charge in [-0.3, -0.25) is 0 Å². The molecule has 1 aromatic carbocycles. The average molecular weight is 294 g/mol. The standard InChI is InChI=1S/C15H16ClNO3/c1-10(13-6-7-14(20-13)15(18)19-2)17-9-11-4-3-5-12(16)8-11/h3-8,10,17H,9H2,1-2H3. The lowest BCUT2D eigenvalue weighted by Crippen LogP contribution is -2.17. The van der Waals surface area contributed by atoms with Crippen molar-refractivity contribution >= 4 is 17.6 Å². The highest BCUT2D eigenvalue weighted by molar-refractivity contribution is 6.30. The van der Waals surface area contributed by atoms with Crippen LogP contribution >= 0.6 is 11.6 Å². The van der Waals surface area contributed by atoms with Crippen LogP contribution in [0.2, 0.25) is 5.02 Å². The minimum atomic E-state index is -0.474. The van der Waals surface area contributed by atoms with Gasteiger partial charge in [0, 0.05) is 11.6 Å². The number of methoxy groups -OCH3 is 1. The first-order valence-electron chi connectivity index (χ1n) is 6.26. The van der Waals surface area contributed by atoms with E-state index >= 15 is 0 Å². The molecule has 106 valence electrons. The molecule has 0 bridgehead atoms. The molecular weight excluding hydrogens is 278 g/mol. The Bertz CT molecular complexity index is 594. The van der Waals surface area contributed by atoms with Crippen molar-refractivity contribution in [3.05, 3.63) is 58.5 Å². The molecule has 2 aromatic rings. The fourth-order valence-corrected chi connectivity index (χ4v) is 2.03. The van der Waals surface area contributed by atoms with E-state index in [1.165, 1.54) is 7.11 Å². The van der Waals surface area contributed by atoms with Crippen LogP contribution in [-0.4, -0.2) is 13.1 Å². The van der Waals surface area contributed by atoms with Crippen LogP contribution in [0.4, 0.5) is 0 Å². The largest absolute Gasteiger partial charge is 0.463 e. The number of hydrogen-bond acceptors (Lipinski definition) is 4. The van der Waals surface area contributed by atoms with Crippen LogP contribution in [0.25, 0.3) is 0 Å². The Hall–Kier alpha value is -1.78. The van der Waals surface area contributed by atoms with Crippen LogP contribution in [0.5, 0.6) is 0 Å². The molecule has 1 unspecified atom stereocenters. The van der Waals surface area contributed by atoms with E-state index in [0.717, 1.165) is 5.56 Å². The van der Waals surface area contributed by atoms with E-state index in [1.54, 1.807) is 12.1 Å². The molecule has 0 saturated heterocycles. The molecule has 5 heteroatoms. The maximum atomic E-state index is 11.3.